The third-order valence-electron chi connectivity index (χ3n) is 3.82. The lowest BCUT2D eigenvalue weighted by molar-refractivity contribution is -0.128. The summed E-state index contributed by atoms with van der Waals surface area (Å²) in [4.78, 5) is 17.9. The van der Waals surface area contributed by atoms with Crippen molar-refractivity contribution in [1.29, 1.82) is 0 Å². The fourth-order valence-corrected chi connectivity index (χ4v) is 2.91. The van der Waals surface area contributed by atoms with Gasteiger partial charge in [-0.3, -0.25) is 9.79 Å². The molecule has 0 radical (unpaired) electrons. The Morgan fingerprint density at radius 3 is 2.87 bits per heavy atom. The summed E-state index contributed by atoms with van der Waals surface area (Å²) in [5, 5.41) is 6.61. The second-order valence-corrected chi connectivity index (χ2v) is 6.57. The lowest BCUT2D eigenvalue weighted by Gasteiger charge is -2.16. The summed E-state index contributed by atoms with van der Waals surface area (Å²) in [6.45, 7) is 3.22. The first kappa shape index (κ1) is 17.7. The van der Waals surface area contributed by atoms with Crippen LogP contribution in [-0.2, 0) is 17.9 Å². The average molecular weight is 334 g/mol. The number of hydrogen-bond donors (Lipinski definition) is 2. The number of hydrogen-bond acceptors (Lipinski definition) is 3. The number of thioether (sulfide) groups is 1. The highest BCUT2D eigenvalue weighted by atomic mass is 32.2. The maximum absolute atomic E-state index is 11.7. The van der Waals surface area contributed by atoms with E-state index < -0.39 is 0 Å². The minimum absolute atomic E-state index is 0.270. The van der Waals surface area contributed by atoms with E-state index in [1.807, 2.05) is 16.7 Å². The molecule has 1 heterocycles. The molecule has 0 spiro atoms. The molecule has 1 fully saturated rings. The summed E-state index contributed by atoms with van der Waals surface area (Å²) in [6.07, 6.45) is 3.77. The molecule has 0 atom stereocenters. The van der Waals surface area contributed by atoms with E-state index in [2.05, 4.69) is 46.1 Å². The van der Waals surface area contributed by atoms with Gasteiger partial charge in [0, 0.05) is 45.4 Å². The van der Waals surface area contributed by atoms with Crippen molar-refractivity contribution in [3.05, 3.63) is 35.4 Å². The molecule has 1 aliphatic rings. The van der Waals surface area contributed by atoms with E-state index in [0.29, 0.717) is 13.0 Å². The maximum atomic E-state index is 11.7. The van der Waals surface area contributed by atoms with Crippen LogP contribution in [0.15, 0.2) is 29.3 Å². The first-order chi connectivity index (χ1) is 11.2. The fraction of sp³-hybridized carbons (Fsp3) is 0.529. The number of amides is 1. The predicted octanol–water partition coefficient (Wildman–Crippen LogP) is 1.84. The molecule has 0 aromatic heterocycles. The van der Waals surface area contributed by atoms with E-state index in [9.17, 15) is 4.79 Å². The predicted molar refractivity (Wildman–Crippen MR) is 97.7 cm³/mol. The van der Waals surface area contributed by atoms with Crippen LogP contribution in [0.25, 0.3) is 0 Å². The number of carbonyl (C=O) groups is 1. The van der Waals surface area contributed by atoms with Crippen LogP contribution in [0.3, 0.4) is 0 Å². The Labute approximate surface area is 142 Å². The molecule has 5 nitrogen and oxygen atoms in total. The van der Waals surface area contributed by atoms with Gasteiger partial charge in [0.2, 0.25) is 5.91 Å². The largest absolute Gasteiger partial charge is 0.356 e. The van der Waals surface area contributed by atoms with Crippen LogP contribution >= 0.6 is 11.8 Å². The maximum Gasteiger partial charge on any atom is 0.222 e. The Kier molecular flexibility index (Phi) is 7.26. The molecular weight excluding hydrogens is 308 g/mol. The van der Waals surface area contributed by atoms with Crippen LogP contribution in [0.4, 0.5) is 0 Å². The molecule has 23 heavy (non-hydrogen) atoms. The highest BCUT2D eigenvalue weighted by Crippen LogP contribution is 2.15. The monoisotopic (exact) mass is 334 g/mol. The third-order valence-corrected chi connectivity index (χ3v) is 4.43. The molecule has 1 saturated heterocycles. The summed E-state index contributed by atoms with van der Waals surface area (Å²) < 4.78 is 0. The van der Waals surface area contributed by atoms with Gasteiger partial charge in [-0.1, -0.05) is 24.3 Å². The Morgan fingerprint density at radius 1 is 1.35 bits per heavy atom. The molecule has 126 valence electrons. The highest BCUT2D eigenvalue weighted by molar-refractivity contribution is 7.98. The number of rotatable bonds is 7. The van der Waals surface area contributed by atoms with E-state index >= 15 is 0 Å². The standard InChI is InChI=1S/C17H26N4OS/c1-18-17(19-8-10-23-2)20-12-14-5-3-6-15(11-14)13-21-9-4-7-16(21)22/h3,5-6,11H,4,7-10,12-13H2,1-2H3,(H2,18,19,20). The van der Waals surface area contributed by atoms with Gasteiger partial charge in [-0.2, -0.15) is 11.8 Å². The second kappa shape index (κ2) is 9.45. The Hall–Kier alpha value is -1.69. The Bertz CT molecular complexity index is 547. The second-order valence-electron chi connectivity index (χ2n) is 5.58. The zero-order valence-electron chi connectivity index (χ0n) is 14.0. The Balaban J connectivity index is 1.85. The first-order valence-corrected chi connectivity index (χ1v) is 9.41. The molecule has 2 N–H and O–H groups in total. The minimum atomic E-state index is 0.270. The van der Waals surface area contributed by atoms with Crippen molar-refractivity contribution in [1.82, 2.24) is 15.5 Å². The van der Waals surface area contributed by atoms with Gasteiger partial charge in [-0.15, -0.1) is 0 Å². The summed E-state index contributed by atoms with van der Waals surface area (Å²) >= 11 is 1.81. The van der Waals surface area contributed by atoms with Gasteiger partial charge in [0.15, 0.2) is 5.96 Å². The summed E-state index contributed by atoms with van der Waals surface area (Å²) in [6, 6.07) is 8.39. The molecule has 1 aromatic rings. The van der Waals surface area contributed by atoms with E-state index in [4.69, 9.17) is 0 Å². The normalized spacial score (nSPS) is 15.1. The number of carbonyl (C=O) groups excluding carboxylic acids is 1. The number of likely N-dealkylation sites (tertiary alicyclic amines) is 1. The summed E-state index contributed by atoms with van der Waals surface area (Å²) in [5.74, 6) is 2.14. The number of nitrogens with zero attached hydrogens (tertiary/aromatic N) is 2. The van der Waals surface area contributed by atoms with E-state index in [-0.39, 0.29) is 5.91 Å². The van der Waals surface area contributed by atoms with Crippen molar-refractivity contribution in [2.45, 2.75) is 25.9 Å². The smallest absolute Gasteiger partial charge is 0.222 e. The summed E-state index contributed by atoms with van der Waals surface area (Å²) in [5.41, 5.74) is 2.38. The van der Waals surface area contributed by atoms with Crippen LogP contribution < -0.4 is 10.6 Å². The minimum Gasteiger partial charge on any atom is -0.356 e. The molecule has 0 bridgehead atoms. The van der Waals surface area contributed by atoms with Crippen molar-refractivity contribution >= 4 is 23.6 Å². The van der Waals surface area contributed by atoms with E-state index in [1.54, 1.807) is 7.05 Å². The number of guanidine groups is 1. The van der Waals surface area contributed by atoms with Crippen LogP contribution in [-0.4, -0.2) is 48.9 Å². The summed E-state index contributed by atoms with van der Waals surface area (Å²) in [7, 11) is 1.78. The van der Waals surface area contributed by atoms with Crippen molar-refractivity contribution in [2.75, 3.05) is 32.1 Å². The molecule has 0 saturated carbocycles. The topological polar surface area (TPSA) is 56.7 Å². The lowest BCUT2D eigenvalue weighted by Crippen LogP contribution is -2.37. The van der Waals surface area contributed by atoms with E-state index in [1.165, 1.54) is 11.1 Å². The highest BCUT2D eigenvalue weighted by Gasteiger charge is 2.19. The van der Waals surface area contributed by atoms with Crippen molar-refractivity contribution < 1.29 is 4.79 Å². The molecule has 0 unspecified atom stereocenters. The van der Waals surface area contributed by atoms with Crippen LogP contribution in [0.2, 0.25) is 0 Å². The van der Waals surface area contributed by atoms with Gasteiger partial charge in [0.05, 0.1) is 0 Å². The average Bonchev–Trinajstić information content (AvgIpc) is 2.96. The zero-order chi connectivity index (χ0) is 16.5. The Morgan fingerprint density at radius 2 is 2.17 bits per heavy atom. The molecule has 0 aliphatic carbocycles. The van der Waals surface area contributed by atoms with Crippen molar-refractivity contribution in [3.63, 3.8) is 0 Å². The van der Waals surface area contributed by atoms with Crippen LogP contribution in [0.5, 0.6) is 0 Å². The fourth-order valence-electron chi connectivity index (χ4n) is 2.61. The van der Waals surface area contributed by atoms with Crippen LogP contribution in [0, 0.1) is 0 Å². The number of aliphatic imine (C=N–C) groups is 1. The van der Waals surface area contributed by atoms with Crippen LogP contribution in [0.1, 0.15) is 24.0 Å². The van der Waals surface area contributed by atoms with E-state index in [0.717, 1.165) is 37.8 Å². The number of benzene rings is 1. The molecule has 1 aromatic carbocycles. The van der Waals surface area contributed by atoms with Crippen molar-refractivity contribution in [3.8, 4) is 0 Å². The van der Waals surface area contributed by atoms with Gasteiger partial charge in [-0.05, 0) is 23.8 Å². The molecule has 1 aliphatic heterocycles. The van der Waals surface area contributed by atoms with Crippen molar-refractivity contribution in [2.24, 2.45) is 4.99 Å². The third kappa shape index (κ3) is 5.78. The molecule has 1 amide bonds. The van der Waals surface area contributed by atoms with Gasteiger partial charge in [0.1, 0.15) is 0 Å². The SMILES string of the molecule is CN=C(NCCSC)NCc1cccc(CN2CCCC2=O)c1. The van der Waals surface area contributed by atoms with Gasteiger partial charge >= 0.3 is 0 Å². The quantitative estimate of drug-likeness (QED) is 0.454. The van der Waals surface area contributed by atoms with Gasteiger partial charge < -0.3 is 15.5 Å². The number of nitrogens with one attached hydrogen (secondary N) is 2. The van der Waals surface area contributed by atoms with Gasteiger partial charge in [-0.25, -0.2) is 0 Å². The molecular formula is C17H26N4OS. The molecule has 6 heteroatoms. The molecule has 2 rings (SSSR count). The first-order valence-electron chi connectivity index (χ1n) is 8.02. The van der Waals surface area contributed by atoms with Gasteiger partial charge in [0.25, 0.3) is 0 Å². The zero-order valence-corrected chi connectivity index (χ0v) is 14.8. The lowest BCUT2D eigenvalue weighted by atomic mass is 10.1.